The molecule has 2 N–H and O–H groups in total. The fourth-order valence-corrected chi connectivity index (χ4v) is 3.32. The fourth-order valence-electron chi connectivity index (χ4n) is 3.32. The Morgan fingerprint density at radius 1 is 1.04 bits per heavy atom. The largest absolute Gasteiger partial charge is 0.491 e. The molecule has 1 aliphatic heterocycles. The van der Waals surface area contributed by atoms with E-state index in [2.05, 4.69) is 9.97 Å². The van der Waals surface area contributed by atoms with Gasteiger partial charge in [-0.1, -0.05) is 24.6 Å². The lowest BCUT2D eigenvalue weighted by molar-refractivity contribution is -0.0153. The summed E-state index contributed by atoms with van der Waals surface area (Å²) in [6, 6.07) is 7.79. The normalized spacial score (nSPS) is 21.9. The predicted molar refractivity (Wildman–Crippen MR) is 104 cm³/mol. The second-order valence-electron chi connectivity index (χ2n) is 7.07. The third-order valence-corrected chi connectivity index (χ3v) is 4.99. The third-order valence-electron chi connectivity index (χ3n) is 4.99. The molecule has 1 aliphatic rings. The number of carbonyl (C=O) groups is 1. The van der Waals surface area contributed by atoms with E-state index in [9.17, 15) is 15.0 Å². The standard InChI is InChI=1S/C21H27N3O4/c25-18-9-11-24(21(27)17-12-22-15-23-13-17)10-5-1-2-6-16-7-3-4-8-20(16)28-14-19(18)26/h3-4,7-8,12-13,15,18-19,25-26H,1-2,5-6,9-11,14H2/t18-,19+/m0/s1. The lowest BCUT2D eigenvalue weighted by Gasteiger charge is -2.26. The maximum Gasteiger partial charge on any atom is 0.256 e. The summed E-state index contributed by atoms with van der Waals surface area (Å²) in [6.07, 6.45) is 6.36. The van der Waals surface area contributed by atoms with Crippen LogP contribution in [-0.2, 0) is 6.42 Å². The smallest absolute Gasteiger partial charge is 0.256 e. The number of aromatic nitrogens is 2. The molecule has 0 spiro atoms. The Bertz CT molecular complexity index is 756. The number of ether oxygens (including phenoxy) is 1. The van der Waals surface area contributed by atoms with Crippen LogP contribution in [0.4, 0.5) is 0 Å². The van der Waals surface area contributed by atoms with Crippen LogP contribution in [0.15, 0.2) is 43.0 Å². The van der Waals surface area contributed by atoms with Crippen LogP contribution in [0.25, 0.3) is 0 Å². The molecule has 0 bridgehead atoms. The Kier molecular flexibility index (Phi) is 7.33. The molecule has 28 heavy (non-hydrogen) atoms. The fraction of sp³-hybridized carbons (Fsp3) is 0.476. The van der Waals surface area contributed by atoms with Gasteiger partial charge in [0.2, 0.25) is 0 Å². The summed E-state index contributed by atoms with van der Waals surface area (Å²) in [6.45, 7) is 0.954. The van der Waals surface area contributed by atoms with Gasteiger partial charge in [-0.2, -0.15) is 0 Å². The summed E-state index contributed by atoms with van der Waals surface area (Å²) in [5, 5.41) is 20.6. The van der Waals surface area contributed by atoms with E-state index in [1.807, 2.05) is 24.3 Å². The van der Waals surface area contributed by atoms with Crippen molar-refractivity contribution in [2.45, 2.75) is 44.3 Å². The minimum absolute atomic E-state index is 0.0126. The lowest BCUT2D eigenvalue weighted by Crippen LogP contribution is -2.38. The molecule has 0 saturated carbocycles. The maximum atomic E-state index is 12.8. The Balaban J connectivity index is 1.70. The molecule has 3 rings (SSSR count). The minimum atomic E-state index is -1.02. The molecule has 0 radical (unpaired) electrons. The number of hydrogen-bond acceptors (Lipinski definition) is 6. The summed E-state index contributed by atoms with van der Waals surface area (Å²) in [5.74, 6) is 0.600. The number of fused-ring (bicyclic) bond motifs is 1. The minimum Gasteiger partial charge on any atom is -0.491 e. The molecular formula is C21H27N3O4. The van der Waals surface area contributed by atoms with Crippen molar-refractivity contribution in [2.75, 3.05) is 19.7 Å². The quantitative estimate of drug-likeness (QED) is 0.778. The van der Waals surface area contributed by atoms with Crippen molar-refractivity contribution in [1.29, 1.82) is 0 Å². The molecule has 0 saturated heterocycles. The van der Waals surface area contributed by atoms with Crippen LogP contribution in [-0.4, -0.2) is 62.9 Å². The van der Waals surface area contributed by atoms with Gasteiger partial charge in [0, 0.05) is 25.5 Å². The summed E-state index contributed by atoms with van der Waals surface area (Å²) < 4.78 is 5.75. The molecule has 7 nitrogen and oxygen atoms in total. The summed E-state index contributed by atoms with van der Waals surface area (Å²) >= 11 is 0. The van der Waals surface area contributed by atoms with Gasteiger partial charge in [0.05, 0.1) is 11.7 Å². The van der Waals surface area contributed by atoms with Crippen molar-refractivity contribution in [1.82, 2.24) is 14.9 Å². The van der Waals surface area contributed by atoms with Gasteiger partial charge in [-0.05, 0) is 37.3 Å². The first-order valence-electron chi connectivity index (χ1n) is 9.76. The number of aryl methyl sites for hydroxylation is 1. The number of nitrogens with zero attached hydrogens (tertiary/aromatic N) is 3. The first-order chi connectivity index (χ1) is 13.6. The van der Waals surface area contributed by atoms with Crippen molar-refractivity contribution in [3.05, 3.63) is 54.1 Å². The van der Waals surface area contributed by atoms with Crippen molar-refractivity contribution in [3.8, 4) is 5.75 Å². The number of benzene rings is 1. The van der Waals surface area contributed by atoms with Crippen LogP contribution in [0.1, 0.15) is 41.6 Å². The molecule has 1 amide bonds. The van der Waals surface area contributed by atoms with Gasteiger partial charge in [0.25, 0.3) is 5.91 Å². The van der Waals surface area contributed by atoms with Gasteiger partial charge in [-0.25, -0.2) is 9.97 Å². The topological polar surface area (TPSA) is 95.8 Å². The van der Waals surface area contributed by atoms with Crippen LogP contribution in [0.2, 0.25) is 0 Å². The van der Waals surface area contributed by atoms with Crippen LogP contribution >= 0.6 is 0 Å². The van der Waals surface area contributed by atoms with Crippen LogP contribution in [0.5, 0.6) is 5.75 Å². The number of carbonyl (C=O) groups excluding carboxylic acids is 1. The van der Waals surface area contributed by atoms with E-state index < -0.39 is 12.2 Å². The third kappa shape index (κ3) is 5.50. The van der Waals surface area contributed by atoms with Crippen LogP contribution in [0, 0.1) is 0 Å². The van der Waals surface area contributed by atoms with Gasteiger partial charge in [0.1, 0.15) is 24.8 Å². The molecule has 1 aromatic carbocycles. The molecule has 7 heteroatoms. The SMILES string of the molecule is O=C(c1cncnc1)N1CCCCCc2ccccc2OC[C@@H](O)[C@@H](O)CC1. The van der Waals surface area contributed by atoms with Gasteiger partial charge in [-0.3, -0.25) is 4.79 Å². The van der Waals surface area contributed by atoms with Crippen LogP contribution < -0.4 is 4.74 Å². The van der Waals surface area contributed by atoms with Gasteiger partial charge >= 0.3 is 0 Å². The Labute approximate surface area is 165 Å². The molecule has 2 aromatic rings. The Hall–Kier alpha value is -2.51. The molecule has 2 atom stereocenters. The maximum absolute atomic E-state index is 12.8. The summed E-state index contributed by atoms with van der Waals surface area (Å²) in [5.41, 5.74) is 1.52. The van der Waals surface area contributed by atoms with Crippen molar-refractivity contribution in [2.24, 2.45) is 0 Å². The van der Waals surface area contributed by atoms with E-state index in [-0.39, 0.29) is 18.9 Å². The van der Waals surface area contributed by atoms with Crippen molar-refractivity contribution in [3.63, 3.8) is 0 Å². The van der Waals surface area contributed by atoms with Gasteiger partial charge in [0.15, 0.2) is 0 Å². The number of amides is 1. The van der Waals surface area contributed by atoms with E-state index >= 15 is 0 Å². The highest BCUT2D eigenvalue weighted by atomic mass is 16.5. The number of para-hydroxylation sites is 1. The zero-order valence-corrected chi connectivity index (χ0v) is 15.9. The average Bonchev–Trinajstić information content (AvgIpc) is 2.74. The Morgan fingerprint density at radius 3 is 2.64 bits per heavy atom. The second kappa shape index (κ2) is 10.1. The first kappa shape index (κ1) is 20.2. The highest BCUT2D eigenvalue weighted by Gasteiger charge is 2.22. The second-order valence-corrected chi connectivity index (χ2v) is 7.07. The zero-order valence-electron chi connectivity index (χ0n) is 15.9. The molecule has 2 heterocycles. The molecule has 150 valence electrons. The van der Waals surface area contributed by atoms with Crippen molar-refractivity contribution < 1.29 is 19.7 Å². The van der Waals surface area contributed by atoms with Gasteiger partial charge < -0.3 is 19.8 Å². The van der Waals surface area contributed by atoms with E-state index in [0.29, 0.717) is 18.7 Å². The number of rotatable bonds is 1. The Morgan fingerprint density at radius 2 is 1.82 bits per heavy atom. The molecular weight excluding hydrogens is 358 g/mol. The molecule has 1 aromatic heterocycles. The van der Waals surface area contributed by atoms with E-state index in [1.165, 1.54) is 18.7 Å². The highest BCUT2D eigenvalue weighted by Crippen LogP contribution is 2.21. The first-order valence-corrected chi connectivity index (χ1v) is 9.76. The van der Waals surface area contributed by atoms with Crippen LogP contribution in [0.3, 0.4) is 0 Å². The number of hydrogen-bond donors (Lipinski definition) is 2. The number of aliphatic hydroxyl groups is 2. The van der Waals surface area contributed by atoms with Crippen molar-refractivity contribution >= 4 is 5.91 Å². The monoisotopic (exact) mass is 385 g/mol. The summed E-state index contributed by atoms with van der Waals surface area (Å²) in [4.78, 5) is 22.3. The van der Waals surface area contributed by atoms with E-state index in [1.54, 1.807) is 4.90 Å². The molecule has 0 fully saturated rings. The average molecular weight is 385 g/mol. The summed E-state index contributed by atoms with van der Waals surface area (Å²) in [7, 11) is 0. The predicted octanol–water partition coefficient (Wildman–Crippen LogP) is 1.84. The molecule has 0 unspecified atom stereocenters. The number of aliphatic hydroxyl groups excluding tert-OH is 2. The van der Waals surface area contributed by atoms with E-state index in [4.69, 9.17) is 4.74 Å². The van der Waals surface area contributed by atoms with E-state index in [0.717, 1.165) is 37.0 Å². The van der Waals surface area contributed by atoms with Gasteiger partial charge in [-0.15, -0.1) is 0 Å². The lowest BCUT2D eigenvalue weighted by atomic mass is 10.0. The molecule has 0 aliphatic carbocycles. The highest BCUT2D eigenvalue weighted by molar-refractivity contribution is 5.93. The zero-order chi connectivity index (χ0) is 19.8.